The lowest BCUT2D eigenvalue weighted by Crippen LogP contribution is -2.31. The molecule has 0 aromatic heterocycles. The van der Waals surface area contributed by atoms with Crippen molar-refractivity contribution in [3.05, 3.63) is 63.4 Å². The fourth-order valence-electron chi connectivity index (χ4n) is 2.59. The Balaban J connectivity index is 2.00. The molecule has 0 radical (unpaired) electrons. The topological polar surface area (TPSA) is 46.3 Å². The van der Waals surface area contributed by atoms with Gasteiger partial charge in [0.25, 0.3) is 0 Å². The molecule has 1 unspecified atom stereocenters. The lowest BCUT2D eigenvalue weighted by atomic mass is 10.1. The number of hydrogen-bond acceptors (Lipinski definition) is 2. The number of benzene rings is 2. The molecule has 5 heteroatoms. The van der Waals surface area contributed by atoms with Crippen LogP contribution in [0.15, 0.2) is 40.9 Å². The number of nitrogens with zero attached hydrogens (tertiary/aromatic N) is 1. The summed E-state index contributed by atoms with van der Waals surface area (Å²) in [7, 11) is 0. The number of rotatable bonds is 2. The van der Waals surface area contributed by atoms with E-state index in [0.29, 0.717) is 5.56 Å². The molecule has 3 nitrogen and oxygen atoms in total. The first kappa shape index (κ1) is 14.2. The van der Waals surface area contributed by atoms with Gasteiger partial charge in [-0.25, -0.2) is 4.39 Å². The van der Waals surface area contributed by atoms with Crippen molar-refractivity contribution in [2.75, 3.05) is 4.90 Å². The van der Waals surface area contributed by atoms with Crippen molar-refractivity contribution >= 4 is 27.5 Å². The average Bonchev–Trinajstić information content (AvgIpc) is 2.68. The van der Waals surface area contributed by atoms with Crippen molar-refractivity contribution < 1.29 is 9.18 Å². The van der Waals surface area contributed by atoms with Crippen LogP contribution >= 0.6 is 15.9 Å². The Morgan fingerprint density at radius 1 is 1.29 bits per heavy atom. The summed E-state index contributed by atoms with van der Waals surface area (Å²) >= 11 is 3.32. The van der Waals surface area contributed by atoms with E-state index in [1.54, 1.807) is 17.0 Å². The maximum absolute atomic E-state index is 13.9. The SMILES string of the molecule is Cc1ccc2c(c1)C(N)C(=O)N2Cc1cc(Br)ccc1F. The van der Waals surface area contributed by atoms with Crippen molar-refractivity contribution in [2.24, 2.45) is 5.73 Å². The summed E-state index contributed by atoms with van der Waals surface area (Å²) in [5.74, 6) is -0.532. The number of halogens is 2. The Bertz CT molecular complexity index is 732. The third kappa shape index (κ3) is 2.47. The van der Waals surface area contributed by atoms with Gasteiger partial charge >= 0.3 is 0 Å². The molecule has 1 atom stereocenters. The Morgan fingerprint density at radius 2 is 2.05 bits per heavy atom. The molecule has 3 rings (SSSR count). The molecule has 1 aliphatic heterocycles. The van der Waals surface area contributed by atoms with Gasteiger partial charge in [0.2, 0.25) is 5.91 Å². The van der Waals surface area contributed by atoms with E-state index in [4.69, 9.17) is 5.73 Å². The normalized spacial score (nSPS) is 17.2. The molecule has 0 aliphatic carbocycles. The summed E-state index contributed by atoms with van der Waals surface area (Å²) in [5, 5.41) is 0. The van der Waals surface area contributed by atoms with Crippen molar-refractivity contribution in [3.63, 3.8) is 0 Å². The molecule has 0 spiro atoms. The smallest absolute Gasteiger partial charge is 0.248 e. The highest BCUT2D eigenvalue weighted by Crippen LogP contribution is 2.36. The zero-order valence-electron chi connectivity index (χ0n) is 11.4. The van der Waals surface area contributed by atoms with Gasteiger partial charge < -0.3 is 10.6 Å². The van der Waals surface area contributed by atoms with Gasteiger partial charge in [0.1, 0.15) is 11.9 Å². The van der Waals surface area contributed by atoms with E-state index in [-0.39, 0.29) is 18.3 Å². The maximum atomic E-state index is 13.9. The first-order valence-electron chi connectivity index (χ1n) is 6.59. The highest BCUT2D eigenvalue weighted by Gasteiger charge is 2.35. The highest BCUT2D eigenvalue weighted by molar-refractivity contribution is 9.10. The molecule has 0 fully saturated rings. The fraction of sp³-hybridized carbons (Fsp3) is 0.188. The van der Waals surface area contributed by atoms with E-state index in [9.17, 15) is 9.18 Å². The highest BCUT2D eigenvalue weighted by atomic mass is 79.9. The Morgan fingerprint density at radius 3 is 2.81 bits per heavy atom. The molecule has 1 amide bonds. The zero-order valence-corrected chi connectivity index (χ0v) is 13.0. The van der Waals surface area contributed by atoms with Crippen LogP contribution in [0.3, 0.4) is 0 Å². The number of aryl methyl sites for hydroxylation is 1. The van der Waals surface area contributed by atoms with Crippen molar-refractivity contribution in [1.82, 2.24) is 0 Å². The number of nitrogens with two attached hydrogens (primary N) is 1. The van der Waals surface area contributed by atoms with Crippen LogP contribution in [0.1, 0.15) is 22.7 Å². The van der Waals surface area contributed by atoms with Crippen LogP contribution in [0, 0.1) is 12.7 Å². The summed E-state index contributed by atoms with van der Waals surface area (Å²) in [5.41, 5.74) is 9.04. The van der Waals surface area contributed by atoms with Gasteiger partial charge in [-0.3, -0.25) is 4.79 Å². The summed E-state index contributed by atoms with van der Waals surface area (Å²) in [6.07, 6.45) is 0. The van der Waals surface area contributed by atoms with Gasteiger partial charge in [0, 0.05) is 21.3 Å². The van der Waals surface area contributed by atoms with Gasteiger partial charge in [-0.2, -0.15) is 0 Å². The third-order valence-corrected chi connectivity index (χ3v) is 4.17. The predicted molar refractivity (Wildman–Crippen MR) is 83.4 cm³/mol. The van der Waals surface area contributed by atoms with Gasteiger partial charge in [-0.1, -0.05) is 33.6 Å². The number of anilines is 1. The fourth-order valence-corrected chi connectivity index (χ4v) is 2.99. The van der Waals surface area contributed by atoms with E-state index in [0.717, 1.165) is 21.3 Å². The van der Waals surface area contributed by atoms with Crippen LogP contribution in [-0.4, -0.2) is 5.91 Å². The van der Waals surface area contributed by atoms with Crippen LogP contribution in [0.5, 0.6) is 0 Å². The number of hydrogen-bond donors (Lipinski definition) is 1. The van der Waals surface area contributed by atoms with Crippen molar-refractivity contribution in [1.29, 1.82) is 0 Å². The number of carbonyl (C=O) groups excluding carboxylic acids is 1. The van der Waals surface area contributed by atoms with E-state index in [2.05, 4.69) is 15.9 Å². The molecule has 2 N–H and O–H groups in total. The second-order valence-electron chi connectivity index (χ2n) is 5.20. The lowest BCUT2D eigenvalue weighted by Gasteiger charge is -2.18. The summed E-state index contributed by atoms with van der Waals surface area (Å²) in [4.78, 5) is 13.9. The number of fused-ring (bicyclic) bond motifs is 1. The quantitative estimate of drug-likeness (QED) is 0.903. The van der Waals surface area contributed by atoms with Gasteiger partial charge in [0.15, 0.2) is 0 Å². The molecule has 0 bridgehead atoms. The van der Waals surface area contributed by atoms with Crippen LogP contribution in [0.4, 0.5) is 10.1 Å². The summed E-state index contributed by atoms with van der Waals surface area (Å²) in [6.45, 7) is 2.13. The first-order chi connectivity index (χ1) is 9.97. The van der Waals surface area contributed by atoms with Gasteiger partial charge in [-0.05, 0) is 31.2 Å². The third-order valence-electron chi connectivity index (χ3n) is 3.68. The Kier molecular flexibility index (Phi) is 3.55. The van der Waals surface area contributed by atoms with Crippen molar-refractivity contribution in [2.45, 2.75) is 19.5 Å². The van der Waals surface area contributed by atoms with Crippen LogP contribution in [0.2, 0.25) is 0 Å². The van der Waals surface area contributed by atoms with Crippen LogP contribution in [0.25, 0.3) is 0 Å². The van der Waals surface area contributed by atoms with E-state index >= 15 is 0 Å². The van der Waals surface area contributed by atoms with Crippen LogP contribution < -0.4 is 10.6 Å². The molecule has 2 aromatic rings. The molecule has 0 saturated carbocycles. The summed E-state index contributed by atoms with van der Waals surface area (Å²) in [6, 6.07) is 9.73. The molecule has 1 aliphatic rings. The maximum Gasteiger partial charge on any atom is 0.248 e. The summed E-state index contributed by atoms with van der Waals surface area (Å²) < 4.78 is 14.7. The Hall–Kier alpha value is -1.72. The first-order valence-corrected chi connectivity index (χ1v) is 7.38. The second kappa shape index (κ2) is 5.24. The van der Waals surface area contributed by atoms with E-state index in [1.165, 1.54) is 6.07 Å². The number of carbonyl (C=O) groups is 1. The molecule has 2 aromatic carbocycles. The minimum atomic E-state index is -0.671. The standard InChI is InChI=1S/C16H14BrFN2O/c1-9-2-5-14-12(6-9)15(19)16(21)20(14)8-10-7-11(17)3-4-13(10)18/h2-7,15H,8,19H2,1H3. The molecule has 21 heavy (non-hydrogen) atoms. The zero-order chi connectivity index (χ0) is 15.1. The Labute approximate surface area is 130 Å². The largest absolute Gasteiger partial charge is 0.316 e. The molecule has 1 heterocycles. The van der Waals surface area contributed by atoms with Crippen LogP contribution in [-0.2, 0) is 11.3 Å². The lowest BCUT2D eigenvalue weighted by molar-refractivity contribution is -0.119. The molecule has 0 saturated heterocycles. The van der Waals surface area contributed by atoms with E-state index in [1.807, 2.05) is 25.1 Å². The van der Waals surface area contributed by atoms with E-state index < -0.39 is 6.04 Å². The molecule has 108 valence electrons. The molecular formula is C16H14BrFN2O. The minimum Gasteiger partial charge on any atom is -0.316 e. The second-order valence-corrected chi connectivity index (χ2v) is 6.12. The minimum absolute atomic E-state index is 0.174. The number of amides is 1. The van der Waals surface area contributed by atoms with Gasteiger partial charge in [0.05, 0.1) is 6.54 Å². The average molecular weight is 349 g/mol. The van der Waals surface area contributed by atoms with Gasteiger partial charge in [-0.15, -0.1) is 0 Å². The van der Waals surface area contributed by atoms with Crippen molar-refractivity contribution in [3.8, 4) is 0 Å². The predicted octanol–water partition coefficient (Wildman–Crippen LogP) is 3.44. The molecular weight excluding hydrogens is 335 g/mol. The monoisotopic (exact) mass is 348 g/mol.